The average molecular weight is 263 g/mol. The molecule has 4 nitrogen and oxygen atoms in total. The summed E-state index contributed by atoms with van der Waals surface area (Å²) in [4.78, 5) is 0. The maximum Gasteiger partial charge on any atom is 0.124 e. The fourth-order valence-corrected chi connectivity index (χ4v) is 2.68. The summed E-state index contributed by atoms with van der Waals surface area (Å²) in [6.45, 7) is 2.14. The topological polar surface area (TPSA) is 50.7 Å². The van der Waals surface area contributed by atoms with Crippen LogP contribution in [0.15, 0.2) is 12.1 Å². The number of hydrogen-bond acceptors (Lipinski definition) is 4. The predicted octanol–water partition coefficient (Wildman–Crippen LogP) is 1.80. The number of aliphatic hydroxyl groups is 1. The van der Waals surface area contributed by atoms with Gasteiger partial charge in [-0.3, -0.25) is 0 Å². The molecule has 1 saturated carbocycles. The highest BCUT2D eigenvalue weighted by Crippen LogP contribution is 2.38. The number of nitrogens with one attached hydrogen (secondary N) is 1. The minimum absolute atomic E-state index is 0.0706. The molecule has 0 radical (unpaired) electrons. The first kappa shape index (κ1) is 12.8. The molecule has 0 saturated heterocycles. The maximum absolute atomic E-state index is 9.62. The zero-order valence-corrected chi connectivity index (χ0v) is 11.5. The van der Waals surface area contributed by atoms with Crippen molar-refractivity contribution in [3.63, 3.8) is 0 Å². The van der Waals surface area contributed by atoms with E-state index in [2.05, 4.69) is 12.2 Å². The van der Waals surface area contributed by atoms with Crippen molar-refractivity contribution in [3.8, 4) is 11.5 Å². The lowest BCUT2D eigenvalue weighted by Gasteiger charge is -2.20. The van der Waals surface area contributed by atoms with Gasteiger partial charge in [0.2, 0.25) is 0 Å². The highest BCUT2D eigenvalue weighted by molar-refractivity contribution is 5.50. The standard InChI is InChI=1S/C15H21NO3/c1-9-5-10-6-15(18-2)12(7-14(10)19-9)13(8-17)16-11-3-4-11/h6-7,9,11,13,16-17H,3-5,8H2,1-2H3. The minimum Gasteiger partial charge on any atom is -0.496 e. The van der Waals surface area contributed by atoms with Gasteiger partial charge in [0.15, 0.2) is 0 Å². The van der Waals surface area contributed by atoms with Crippen LogP contribution in [-0.4, -0.2) is 31.0 Å². The number of benzene rings is 1. The van der Waals surface area contributed by atoms with E-state index in [0.29, 0.717) is 6.04 Å². The van der Waals surface area contributed by atoms with Crippen molar-refractivity contribution in [2.24, 2.45) is 0 Å². The molecular formula is C15H21NO3. The molecule has 1 heterocycles. The number of methoxy groups -OCH3 is 1. The summed E-state index contributed by atoms with van der Waals surface area (Å²) < 4.78 is 11.3. The smallest absolute Gasteiger partial charge is 0.124 e. The van der Waals surface area contributed by atoms with E-state index in [1.807, 2.05) is 12.1 Å². The Morgan fingerprint density at radius 2 is 2.26 bits per heavy atom. The van der Waals surface area contributed by atoms with E-state index in [4.69, 9.17) is 9.47 Å². The first-order valence-electron chi connectivity index (χ1n) is 6.95. The Kier molecular flexibility index (Phi) is 3.37. The lowest BCUT2D eigenvalue weighted by atomic mass is 10.0. The number of aliphatic hydroxyl groups excluding tert-OH is 1. The molecule has 2 aliphatic rings. The summed E-state index contributed by atoms with van der Waals surface area (Å²) in [5.41, 5.74) is 2.18. The Hall–Kier alpha value is -1.26. The van der Waals surface area contributed by atoms with Crippen LogP contribution >= 0.6 is 0 Å². The Labute approximate surface area is 113 Å². The average Bonchev–Trinajstić information content (AvgIpc) is 3.14. The van der Waals surface area contributed by atoms with E-state index < -0.39 is 0 Å². The molecule has 0 aromatic heterocycles. The summed E-state index contributed by atoms with van der Waals surface area (Å²) in [6, 6.07) is 4.53. The van der Waals surface area contributed by atoms with Gasteiger partial charge in [0, 0.05) is 23.6 Å². The van der Waals surface area contributed by atoms with Gasteiger partial charge < -0.3 is 19.9 Å². The molecule has 0 bridgehead atoms. The predicted molar refractivity (Wildman–Crippen MR) is 72.8 cm³/mol. The fraction of sp³-hybridized carbons (Fsp3) is 0.600. The number of ether oxygens (including phenoxy) is 2. The zero-order chi connectivity index (χ0) is 13.4. The molecule has 4 heteroatoms. The molecule has 1 aromatic rings. The molecule has 0 spiro atoms. The highest BCUT2D eigenvalue weighted by Gasteiger charge is 2.29. The molecule has 1 fully saturated rings. The van der Waals surface area contributed by atoms with Crippen molar-refractivity contribution < 1.29 is 14.6 Å². The zero-order valence-electron chi connectivity index (χ0n) is 11.5. The minimum atomic E-state index is -0.0766. The molecule has 1 aromatic carbocycles. The van der Waals surface area contributed by atoms with Gasteiger partial charge in [0.05, 0.1) is 19.8 Å². The summed E-state index contributed by atoms with van der Waals surface area (Å²) in [5, 5.41) is 13.1. The van der Waals surface area contributed by atoms with Crippen molar-refractivity contribution >= 4 is 0 Å². The second-order valence-corrected chi connectivity index (χ2v) is 5.51. The second-order valence-electron chi connectivity index (χ2n) is 5.51. The van der Waals surface area contributed by atoms with Gasteiger partial charge in [0.1, 0.15) is 17.6 Å². The maximum atomic E-state index is 9.62. The molecule has 2 unspecified atom stereocenters. The van der Waals surface area contributed by atoms with Crippen LogP contribution in [0.25, 0.3) is 0 Å². The molecule has 104 valence electrons. The van der Waals surface area contributed by atoms with Gasteiger partial charge in [0.25, 0.3) is 0 Å². The first-order chi connectivity index (χ1) is 9.21. The van der Waals surface area contributed by atoms with Gasteiger partial charge in [-0.2, -0.15) is 0 Å². The van der Waals surface area contributed by atoms with E-state index in [1.54, 1.807) is 7.11 Å². The fourth-order valence-electron chi connectivity index (χ4n) is 2.68. The van der Waals surface area contributed by atoms with Crippen LogP contribution in [0.4, 0.5) is 0 Å². The van der Waals surface area contributed by atoms with Crippen LogP contribution in [0.3, 0.4) is 0 Å². The summed E-state index contributed by atoms with van der Waals surface area (Å²) >= 11 is 0. The molecule has 0 amide bonds. The van der Waals surface area contributed by atoms with Crippen molar-refractivity contribution in [3.05, 3.63) is 23.3 Å². The molecule has 1 aliphatic carbocycles. The third-order valence-electron chi connectivity index (χ3n) is 3.82. The monoisotopic (exact) mass is 263 g/mol. The Morgan fingerprint density at radius 3 is 2.89 bits per heavy atom. The molecular weight excluding hydrogens is 242 g/mol. The number of fused-ring (bicyclic) bond motifs is 1. The molecule has 2 N–H and O–H groups in total. The summed E-state index contributed by atoms with van der Waals surface area (Å²) in [6.07, 6.45) is 3.53. The second kappa shape index (κ2) is 5.02. The van der Waals surface area contributed by atoms with Crippen molar-refractivity contribution in [1.29, 1.82) is 0 Å². The van der Waals surface area contributed by atoms with Crippen LogP contribution in [0.2, 0.25) is 0 Å². The Balaban J connectivity index is 1.92. The lowest BCUT2D eigenvalue weighted by molar-refractivity contribution is 0.238. The third kappa shape index (κ3) is 2.55. The highest BCUT2D eigenvalue weighted by atomic mass is 16.5. The number of rotatable bonds is 5. The van der Waals surface area contributed by atoms with E-state index >= 15 is 0 Å². The molecule has 1 aliphatic heterocycles. The van der Waals surface area contributed by atoms with Crippen molar-refractivity contribution in [2.75, 3.05) is 13.7 Å². The van der Waals surface area contributed by atoms with Crippen LogP contribution in [0.5, 0.6) is 11.5 Å². The molecule has 19 heavy (non-hydrogen) atoms. The van der Waals surface area contributed by atoms with E-state index in [0.717, 1.165) is 23.5 Å². The van der Waals surface area contributed by atoms with Crippen LogP contribution in [0.1, 0.15) is 36.9 Å². The van der Waals surface area contributed by atoms with Crippen LogP contribution in [-0.2, 0) is 6.42 Å². The third-order valence-corrected chi connectivity index (χ3v) is 3.82. The lowest BCUT2D eigenvalue weighted by Crippen LogP contribution is -2.26. The van der Waals surface area contributed by atoms with Gasteiger partial charge in [-0.25, -0.2) is 0 Å². The van der Waals surface area contributed by atoms with Crippen LogP contribution in [0, 0.1) is 0 Å². The number of hydrogen-bond donors (Lipinski definition) is 2. The Bertz CT molecular complexity index is 471. The van der Waals surface area contributed by atoms with E-state index in [1.165, 1.54) is 18.4 Å². The van der Waals surface area contributed by atoms with Crippen LogP contribution < -0.4 is 14.8 Å². The SMILES string of the molecule is COc1cc2c(cc1C(CO)NC1CC1)OC(C)C2. The largest absolute Gasteiger partial charge is 0.496 e. The quantitative estimate of drug-likeness (QED) is 0.850. The van der Waals surface area contributed by atoms with Crippen molar-refractivity contribution in [2.45, 2.75) is 44.4 Å². The van der Waals surface area contributed by atoms with E-state index in [-0.39, 0.29) is 18.8 Å². The Morgan fingerprint density at radius 1 is 1.47 bits per heavy atom. The summed E-state index contributed by atoms with van der Waals surface area (Å²) in [5.74, 6) is 1.77. The van der Waals surface area contributed by atoms with Gasteiger partial charge in [-0.15, -0.1) is 0 Å². The van der Waals surface area contributed by atoms with Gasteiger partial charge >= 0.3 is 0 Å². The first-order valence-corrected chi connectivity index (χ1v) is 6.95. The summed E-state index contributed by atoms with van der Waals surface area (Å²) in [7, 11) is 1.68. The molecule has 2 atom stereocenters. The van der Waals surface area contributed by atoms with E-state index in [9.17, 15) is 5.11 Å². The van der Waals surface area contributed by atoms with Crippen molar-refractivity contribution in [1.82, 2.24) is 5.32 Å². The van der Waals surface area contributed by atoms with Gasteiger partial charge in [-0.05, 0) is 31.9 Å². The normalized spacial score (nSPS) is 22.8. The molecule has 3 rings (SSSR count). The van der Waals surface area contributed by atoms with Gasteiger partial charge in [-0.1, -0.05) is 0 Å².